The SMILES string of the molecule is O=C(Cc1cccs1)Nc1ccccc1Sc1nc(Br)nn1Cc1ccccc1. The van der Waals surface area contributed by atoms with Crippen LogP contribution in [0, 0.1) is 0 Å². The van der Waals surface area contributed by atoms with Gasteiger partial charge in [0.2, 0.25) is 10.6 Å². The molecule has 0 atom stereocenters. The smallest absolute Gasteiger partial charge is 0.229 e. The second-order valence-corrected chi connectivity index (χ2v) is 8.96. The molecule has 0 saturated carbocycles. The second-order valence-electron chi connectivity index (χ2n) is 6.21. The molecule has 8 heteroatoms. The van der Waals surface area contributed by atoms with Crippen LogP contribution in [0.15, 0.2) is 86.9 Å². The number of para-hydroxylation sites is 1. The number of benzene rings is 2. The number of amides is 1. The number of hydrogen-bond acceptors (Lipinski definition) is 5. The van der Waals surface area contributed by atoms with E-state index in [1.165, 1.54) is 11.8 Å². The van der Waals surface area contributed by atoms with Crippen LogP contribution in [0.5, 0.6) is 0 Å². The van der Waals surface area contributed by atoms with Crippen molar-refractivity contribution in [2.24, 2.45) is 0 Å². The van der Waals surface area contributed by atoms with Gasteiger partial charge < -0.3 is 5.32 Å². The normalized spacial score (nSPS) is 10.8. The largest absolute Gasteiger partial charge is 0.325 e. The molecule has 0 spiro atoms. The molecule has 1 N–H and O–H groups in total. The average Bonchev–Trinajstić information content (AvgIpc) is 3.34. The van der Waals surface area contributed by atoms with Crippen molar-refractivity contribution in [3.63, 3.8) is 0 Å². The highest BCUT2D eigenvalue weighted by atomic mass is 79.9. The van der Waals surface area contributed by atoms with Crippen LogP contribution >= 0.6 is 39.0 Å². The minimum atomic E-state index is -0.0348. The first-order valence-electron chi connectivity index (χ1n) is 8.91. The first-order valence-corrected chi connectivity index (χ1v) is 11.4. The summed E-state index contributed by atoms with van der Waals surface area (Å²) in [7, 11) is 0. The van der Waals surface area contributed by atoms with Crippen molar-refractivity contribution in [2.45, 2.75) is 23.0 Å². The van der Waals surface area contributed by atoms with Crippen molar-refractivity contribution < 1.29 is 4.79 Å². The molecule has 5 nitrogen and oxygen atoms in total. The van der Waals surface area contributed by atoms with Gasteiger partial charge >= 0.3 is 0 Å². The van der Waals surface area contributed by atoms with Crippen LogP contribution in [0.1, 0.15) is 10.4 Å². The van der Waals surface area contributed by atoms with E-state index in [0.29, 0.717) is 17.7 Å². The van der Waals surface area contributed by atoms with Gasteiger partial charge in [0.05, 0.1) is 18.7 Å². The minimum absolute atomic E-state index is 0.0348. The Morgan fingerprint density at radius 2 is 1.86 bits per heavy atom. The van der Waals surface area contributed by atoms with Crippen LogP contribution in [0.3, 0.4) is 0 Å². The Bertz CT molecular complexity index is 1100. The summed E-state index contributed by atoms with van der Waals surface area (Å²) < 4.78 is 2.39. The van der Waals surface area contributed by atoms with Gasteiger partial charge in [0.15, 0.2) is 5.16 Å². The molecule has 0 aliphatic heterocycles. The van der Waals surface area contributed by atoms with E-state index in [0.717, 1.165) is 26.2 Å². The number of thiophene rings is 1. The van der Waals surface area contributed by atoms with E-state index in [2.05, 4.69) is 43.5 Å². The monoisotopic (exact) mass is 484 g/mol. The topological polar surface area (TPSA) is 59.8 Å². The molecular formula is C21H17BrN4OS2. The molecule has 2 heterocycles. The van der Waals surface area contributed by atoms with Crippen molar-refractivity contribution >= 4 is 50.6 Å². The van der Waals surface area contributed by atoms with Gasteiger partial charge in [-0.05, 0) is 56.8 Å². The lowest BCUT2D eigenvalue weighted by Crippen LogP contribution is -2.14. The molecule has 146 valence electrons. The Hall–Kier alpha value is -2.42. The van der Waals surface area contributed by atoms with E-state index >= 15 is 0 Å². The summed E-state index contributed by atoms with van der Waals surface area (Å²) in [6, 6.07) is 21.8. The predicted molar refractivity (Wildman–Crippen MR) is 120 cm³/mol. The van der Waals surface area contributed by atoms with Gasteiger partial charge in [0, 0.05) is 9.77 Å². The van der Waals surface area contributed by atoms with E-state index in [1.807, 2.05) is 64.7 Å². The quantitative estimate of drug-likeness (QED) is 0.377. The summed E-state index contributed by atoms with van der Waals surface area (Å²) in [4.78, 5) is 18.9. The Labute approximate surface area is 185 Å². The third-order valence-electron chi connectivity index (χ3n) is 4.06. The molecule has 4 rings (SSSR count). The zero-order chi connectivity index (χ0) is 20.1. The van der Waals surface area contributed by atoms with Gasteiger partial charge in [0.1, 0.15) is 0 Å². The van der Waals surface area contributed by atoms with Crippen LogP contribution in [-0.2, 0) is 17.8 Å². The number of hydrogen-bond donors (Lipinski definition) is 1. The number of aromatic nitrogens is 3. The zero-order valence-electron chi connectivity index (χ0n) is 15.3. The maximum absolute atomic E-state index is 12.4. The molecule has 2 aromatic carbocycles. The van der Waals surface area contributed by atoms with E-state index in [4.69, 9.17) is 0 Å². The Morgan fingerprint density at radius 1 is 1.07 bits per heavy atom. The molecule has 29 heavy (non-hydrogen) atoms. The Kier molecular flexibility index (Phi) is 6.43. The summed E-state index contributed by atoms with van der Waals surface area (Å²) in [6.07, 6.45) is 0.367. The first kappa shape index (κ1) is 19.9. The van der Waals surface area contributed by atoms with Crippen LogP contribution in [0.25, 0.3) is 0 Å². The van der Waals surface area contributed by atoms with Crippen LogP contribution < -0.4 is 5.32 Å². The first-order chi connectivity index (χ1) is 14.2. The van der Waals surface area contributed by atoms with Crippen LogP contribution in [-0.4, -0.2) is 20.7 Å². The van der Waals surface area contributed by atoms with Gasteiger partial charge in [-0.1, -0.05) is 48.5 Å². The van der Waals surface area contributed by atoms with Crippen molar-refractivity contribution in [1.82, 2.24) is 14.8 Å². The van der Waals surface area contributed by atoms with Gasteiger partial charge in [-0.3, -0.25) is 4.79 Å². The molecule has 0 aliphatic carbocycles. The van der Waals surface area contributed by atoms with Crippen molar-refractivity contribution in [3.05, 3.63) is 87.3 Å². The average molecular weight is 485 g/mol. The number of nitrogens with one attached hydrogen (secondary N) is 1. The summed E-state index contributed by atoms with van der Waals surface area (Å²) in [5.74, 6) is -0.0348. The summed E-state index contributed by atoms with van der Waals surface area (Å²) >= 11 is 6.44. The number of nitrogens with zero attached hydrogens (tertiary/aromatic N) is 3. The molecule has 0 fully saturated rings. The maximum Gasteiger partial charge on any atom is 0.229 e. The third-order valence-corrected chi connectivity index (χ3v) is 6.34. The summed E-state index contributed by atoms with van der Waals surface area (Å²) in [5, 5.41) is 10.2. The van der Waals surface area contributed by atoms with E-state index in [9.17, 15) is 4.79 Å². The highest BCUT2D eigenvalue weighted by molar-refractivity contribution is 9.10. The predicted octanol–water partition coefficient (Wildman–Crippen LogP) is 5.48. The van der Waals surface area contributed by atoms with Gasteiger partial charge in [-0.15, -0.1) is 16.4 Å². The van der Waals surface area contributed by atoms with Crippen molar-refractivity contribution in [3.8, 4) is 0 Å². The fourth-order valence-corrected chi connectivity index (χ4v) is 4.85. The number of halogens is 1. The van der Waals surface area contributed by atoms with Crippen molar-refractivity contribution in [1.29, 1.82) is 0 Å². The Balaban J connectivity index is 1.52. The fourth-order valence-electron chi connectivity index (χ4n) is 2.76. The number of carbonyl (C=O) groups excluding carboxylic acids is 1. The molecule has 4 aromatic rings. The minimum Gasteiger partial charge on any atom is -0.325 e. The lowest BCUT2D eigenvalue weighted by atomic mass is 10.2. The van der Waals surface area contributed by atoms with Gasteiger partial charge in [-0.25, -0.2) is 4.68 Å². The number of anilines is 1. The highest BCUT2D eigenvalue weighted by Gasteiger charge is 2.14. The van der Waals surface area contributed by atoms with Crippen molar-refractivity contribution in [2.75, 3.05) is 5.32 Å². The molecule has 1 amide bonds. The molecule has 0 unspecified atom stereocenters. The van der Waals surface area contributed by atoms with E-state index < -0.39 is 0 Å². The van der Waals surface area contributed by atoms with Crippen LogP contribution in [0.2, 0.25) is 0 Å². The second kappa shape index (κ2) is 9.39. The molecule has 0 bridgehead atoms. The zero-order valence-corrected chi connectivity index (χ0v) is 18.5. The van der Waals surface area contributed by atoms with Gasteiger partial charge in [-0.2, -0.15) is 4.98 Å². The number of carbonyl (C=O) groups is 1. The lowest BCUT2D eigenvalue weighted by Gasteiger charge is -2.11. The third kappa shape index (κ3) is 5.35. The molecule has 2 aromatic heterocycles. The molecule has 0 radical (unpaired) electrons. The molecular weight excluding hydrogens is 468 g/mol. The maximum atomic E-state index is 12.4. The summed E-state index contributed by atoms with van der Waals surface area (Å²) in [6.45, 7) is 0.620. The van der Waals surface area contributed by atoms with Gasteiger partial charge in [0.25, 0.3) is 0 Å². The number of rotatable bonds is 7. The fraction of sp³-hybridized carbons (Fsp3) is 0.0952. The molecule has 0 saturated heterocycles. The Morgan fingerprint density at radius 3 is 2.66 bits per heavy atom. The van der Waals surface area contributed by atoms with E-state index in [1.54, 1.807) is 11.3 Å². The molecule has 0 aliphatic rings. The summed E-state index contributed by atoms with van der Waals surface area (Å²) in [5.41, 5.74) is 1.91. The van der Waals surface area contributed by atoms with E-state index in [-0.39, 0.29) is 5.91 Å². The highest BCUT2D eigenvalue weighted by Crippen LogP contribution is 2.33. The van der Waals surface area contributed by atoms with Crippen LogP contribution in [0.4, 0.5) is 5.69 Å². The lowest BCUT2D eigenvalue weighted by molar-refractivity contribution is -0.115. The standard InChI is InChI=1S/C21H17BrN4OS2/c22-20-24-21(26(25-20)14-15-7-2-1-3-8-15)29-18-11-5-4-10-17(18)23-19(27)13-16-9-6-12-28-16/h1-12H,13-14H2,(H,23,27).